The van der Waals surface area contributed by atoms with Crippen LogP contribution in [0, 0.1) is 0 Å². The van der Waals surface area contributed by atoms with Crippen LogP contribution in [0.3, 0.4) is 0 Å². The van der Waals surface area contributed by atoms with Crippen molar-refractivity contribution in [3.05, 3.63) is 75.7 Å². The number of nitrogens with one attached hydrogen (secondary N) is 1. The second-order valence-corrected chi connectivity index (χ2v) is 5.88. The summed E-state index contributed by atoms with van der Waals surface area (Å²) < 4.78 is 2.16. The predicted molar refractivity (Wildman–Crippen MR) is 93.6 cm³/mol. The highest BCUT2D eigenvalue weighted by atomic mass is 35.5. The van der Waals surface area contributed by atoms with Crippen LogP contribution in [0.25, 0.3) is 5.69 Å². The zero-order valence-corrected chi connectivity index (χ0v) is 14.2. The summed E-state index contributed by atoms with van der Waals surface area (Å²) in [6.07, 6.45) is 0. The lowest BCUT2D eigenvalue weighted by atomic mass is 10.1. The van der Waals surface area contributed by atoms with Crippen molar-refractivity contribution in [2.75, 3.05) is 0 Å². The van der Waals surface area contributed by atoms with Crippen LogP contribution in [0.1, 0.15) is 18.5 Å². The molecule has 0 aliphatic heterocycles. The molecule has 0 saturated heterocycles. The number of carbonyl (C=O) groups excluding carboxylic acids is 1. The molecule has 0 spiro atoms. The number of aromatic nitrogens is 4. The maximum atomic E-state index is 12.3. The predicted octanol–water partition coefficient (Wildman–Crippen LogP) is 1.96. The molecular formula is C17H16ClN5O2. The van der Waals surface area contributed by atoms with Gasteiger partial charge in [0.2, 0.25) is 5.91 Å². The van der Waals surface area contributed by atoms with E-state index >= 15 is 0 Å². The fraction of sp³-hybridized carbons (Fsp3) is 0.176. The van der Waals surface area contributed by atoms with Crippen molar-refractivity contribution in [1.82, 2.24) is 25.1 Å². The van der Waals surface area contributed by atoms with Crippen molar-refractivity contribution in [3.8, 4) is 5.69 Å². The average molecular weight is 358 g/mol. The Kier molecular flexibility index (Phi) is 4.95. The van der Waals surface area contributed by atoms with Gasteiger partial charge in [0, 0.05) is 5.02 Å². The van der Waals surface area contributed by atoms with Crippen molar-refractivity contribution >= 4 is 17.5 Å². The highest BCUT2D eigenvalue weighted by Gasteiger charge is 2.15. The molecule has 0 aliphatic carbocycles. The van der Waals surface area contributed by atoms with E-state index in [1.165, 1.54) is 0 Å². The number of halogens is 1. The molecule has 1 aromatic heterocycles. The van der Waals surface area contributed by atoms with E-state index in [-0.39, 0.29) is 18.5 Å². The lowest BCUT2D eigenvalue weighted by Crippen LogP contribution is -2.34. The van der Waals surface area contributed by atoms with Gasteiger partial charge in [-0.3, -0.25) is 4.79 Å². The summed E-state index contributed by atoms with van der Waals surface area (Å²) in [4.78, 5) is 24.5. The van der Waals surface area contributed by atoms with Crippen molar-refractivity contribution in [2.45, 2.75) is 19.5 Å². The van der Waals surface area contributed by atoms with Crippen molar-refractivity contribution in [3.63, 3.8) is 0 Å². The number of tetrazole rings is 1. The Bertz CT molecular complexity index is 935. The molecule has 8 heteroatoms. The molecular weight excluding hydrogens is 342 g/mol. The fourth-order valence-electron chi connectivity index (χ4n) is 2.43. The van der Waals surface area contributed by atoms with Gasteiger partial charge in [0.05, 0.1) is 11.7 Å². The number of nitrogens with zero attached hydrogens (tertiary/aromatic N) is 4. The van der Waals surface area contributed by atoms with Gasteiger partial charge in [-0.2, -0.15) is 9.36 Å². The second-order valence-electron chi connectivity index (χ2n) is 5.48. The average Bonchev–Trinajstić information content (AvgIpc) is 2.96. The lowest BCUT2D eigenvalue weighted by Gasteiger charge is -2.15. The van der Waals surface area contributed by atoms with Crippen LogP contribution in [0.5, 0.6) is 0 Å². The summed E-state index contributed by atoms with van der Waals surface area (Å²) in [5.41, 5.74) is 0.910. The smallest absolute Gasteiger partial charge is 0.348 e. The number of para-hydroxylation sites is 1. The summed E-state index contributed by atoms with van der Waals surface area (Å²) in [7, 11) is 0. The van der Waals surface area contributed by atoms with Crippen LogP contribution >= 0.6 is 11.6 Å². The van der Waals surface area contributed by atoms with Gasteiger partial charge in [-0.15, -0.1) is 0 Å². The Balaban J connectivity index is 1.71. The number of carbonyl (C=O) groups is 1. The molecule has 1 heterocycles. The molecule has 128 valence electrons. The van der Waals surface area contributed by atoms with Crippen molar-refractivity contribution in [1.29, 1.82) is 0 Å². The monoisotopic (exact) mass is 357 g/mol. The molecule has 3 rings (SSSR count). The van der Waals surface area contributed by atoms with Gasteiger partial charge >= 0.3 is 5.69 Å². The molecule has 0 aliphatic rings. The van der Waals surface area contributed by atoms with Crippen molar-refractivity contribution in [2.24, 2.45) is 0 Å². The highest BCUT2D eigenvalue weighted by Crippen LogP contribution is 2.21. The topological polar surface area (TPSA) is 81.8 Å². The summed E-state index contributed by atoms with van der Waals surface area (Å²) in [5, 5.41) is 10.9. The lowest BCUT2D eigenvalue weighted by molar-refractivity contribution is -0.122. The Hall–Kier alpha value is -2.93. The van der Waals surface area contributed by atoms with Gasteiger partial charge in [0.15, 0.2) is 0 Å². The minimum atomic E-state index is -0.480. The molecule has 1 atom stereocenters. The summed E-state index contributed by atoms with van der Waals surface area (Å²) in [5.74, 6) is -0.352. The molecule has 2 aromatic carbocycles. The van der Waals surface area contributed by atoms with Gasteiger partial charge in [-0.1, -0.05) is 48.0 Å². The Morgan fingerprint density at radius 1 is 1.12 bits per heavy atom. The fourth-order valence-corrected chi connectivity index (χ4v) is 2.73. The molecule has 7 nitrogen and oxygen atoms in total. The van der Waals surface area contributed by atoms with E-state index in [9.17, 15) is 9.59 Å². The second kappa shape index (κ2) is 7.31. The number of amides is 1. The van der Waals surface area contributed by atoms with Gasteiger partial charge in [-0.25, -0.2) is 4.79 Å². The number of benzene rings is 2. The van der Waals surface area contributed by atoms with E-state index in [4.69, 9.17) is 11.6 Å². The first kappa shape index (κ1) is 16.9. The zero-order chi connectivity index (χ0) is 17.8. The SMILES string of the molecule is C[C@H](NC(=O)Cn1nnn(-c2ccccc2)c1=O)c1ccccc1Cl. The Morgan fingerprint density at radius 2 is 1.80 bits per heavy atom. The van der Waals surface area contributed by atoms with Gasteiger partial charge in [0.1, 0.15) is 6.54 Å². The minimum Gasteiger partial charge on any atom is -0.348 e. The Morgan fingerprint density at radius 3 is 2.52 bits per heavy atom. The molecule has 1 N–H and O–H groups in total. The molecule has 0 bridgehead atoms. The zero-order valence-electron chi connectivity index (χ0n) is 13.5. The van der Waals surface area contributed by atoms with E-state index in [1.54, 1.807) is 30.3 Å². The van der Waals surface area contributed by atoms with E-state index in [1.807, 2.05) is 31.2 Å². The van der Waals surface area contributed by atoms with Crippen LogP contribution in [0.4, 0.5) is 0 Å². The van der Waals surface area contributed by atoms with E-state index in [0.717, 1.165) is 14.9 Å². The summed E-state index contributed by atoms with van der Waals surface area (Å²) in [6, 6.07) is 15.9. The van der Waals surface area contributed by atoms with Crippen LogP contribution in [0.2, 0.25) is 5.02 Å². The maximum Gasteiger partial charge on any atom is 0.368 e. The first-order chi connectivity index (χ1) is 12.1. The summed E-state index contributed by atoms with van der Waals surface area (Å²) in [6.45, 7) is 1.60. The van der Waals surface area contributed by atoms with Gasteiger partial charge in [0.25, 0.3) is 0 Å². The molecule has 0 unspecified atom stereocenters. The number of hydrogen-bond acceptors (Lipinski definition) is 4. The maximum absolute atomic E-state index is 12.3. The molecule has 0 radical (unpaired) electrons. The third-order valence-corrected chi connectivity index (χ3v) is 4.03. The van der Waals surface area contributed by atoms with Crippen LogP contribution in [0.15, 0.2) is 59.4 Å². The van der Waals surface area contributed by atoms with E-state index < -0.39 is 5.69 Å². The molecule has 0 fully saturated rings. The number of hydrogen-bond donors (Lipinski definition) is 1. The van der Waals surface area contributed by atoms with E-state index in [0.29, 0.717) is 10.7 Å². The quantitative estimate of drug-likeness (QED) is 0.756. The van der Waals surface area contributed by atoms with Gasteiger partial charge < -0.3 is 5.32 Å². The van der Waals surface area contributed by atoms with Gasteiger partial charge in [-0.05, 0) is 41.1 Å². The molecule has 1 amide bonds. The minimum absolute atomic E-state index is 0.222. The molecule has 0 saturated carbocycles. The normalized spacial score (nSPS) is 11.9. The first-order valence-electron chi connectivity index (χ1n) is 7.68. The van der Waals surface area contributed by atoms with Crippen molar-refractivity contribution < 1.29 is 4.79 Å². The molecule has 3 aromatic rings. The third-order valence-electron chi connectivity index (χ3n) is 3.68. The van der Waals surface area contributed by atoms with Crippen LogP contribution < -0.4 is 11.0 Å². The third kappa shape index (κ3) is 3.77. The molecule has 25 heavy (non-hydrogen) atoms. The largest absolute Gasteiger partial charge is 0.368 e. The van der Waals surface area contributed by atoms with Crippen LogP contribution in [-0.2, 0) is 11.3 Å². The summed E-state index contributed by atoms with van der Waals surface area (Å²) >= 11 is 6.13. The Labute approximate surface area is 148 Å². The standard InChI is InChI=1S/C17H16ClN5O2/c1-12(14-9-5-6-10-15(14)18)19-16(24)11-22-17(25)23(21-20-22)13-7-3-2-4-8-13/h2-10,12H,11H2,1H3,(H,19,24)/t12-/m0/s1. The van der Waals surface area contributed by atoms with Crippen LogP contribution in [-0.4, -0.2) is 25.7 Å². The first-order valence-corrected chi connectivity index (χ1v) is 8.06. The highest BCUT2D eigenvalue weighted by molar-refractivity contribution is 6.31. The van der Waals surface area contributed by atoms with E-state index in [2.05, 4.69) is 15.7 Å². The number of rotatable bonds is 5.